The summed E-state index contributed by atoms with van der Waals surface area (Å²) < 4.78 is 2.02. The summed E-state index contributed by atoms with van der Waals surface area (Å²) in [6.45, 7) is 1.98. The summed E-state index contributed by atoms with van der Waals surface area (Å²) in [6, 6.07) is 19.4. The second-order valence-electron chi connectivity index (χ2n) is 5.41. The maximum atomic E-state index is 12.9. The molecule has 4 aromatic rings. The van der Waals surface area contributed by atoms with Gasteiger partial charge in [0, 0.05) is 11.8 Å². The molecule has 0 N–H and O–H groups in total. The summed E-state index contributed by atoms with van der Waals surface area (Å²) in [5.41, 5.74) is 4.90. The highest BCUT2D eigenvalue weighted by atomic mass is 16.1. The van der Waals surface area contributed by atoms with Crippen molar-refractivity contribution in [2.75, 3.05) is 0 Å². The number of hydrogen-bond acceptors (Lipinski definition) is 2. The van der Waals surface area contributed by atoms with Crippen LogP contribution in [0.4, 0.5) is 0 Å². The van der Waals surface area contributed by atoms with Gasteiger partial charge in [-0.1, -0.05) is 35.9 Å². The molecule has 0 radical (unpaired) electrons. The van der Waals surface area contributed by atoms with Gasteiger partial charge in [-0.15, -0.1) is 0 Å². The molecule has 2 heterocycles. The van der Waals surface area contributed by atoms with E-state index in [1.165, 1.54) is 0 Å². The second-order valence-corrected chi connectivity index (χ2v) is 5.41. The molecule has 0 amide bonds. The molecule has 0 bridgehead atoms. The Labute approximate surface area is 127 Å². The van der Waals surface area contributed by atoms with Crippen LogP contribution in [0.1, 0.15) is 21.6 Å². The Hall–Kier alpha value is -2.94. The van der Waals surface area contributed by atoms with E-state index in [1.807, 2.05) is 78.2 Å². The van der Waals surface area contributed by atoms with E-state index < -0.39 is 0 Å². The number of ketones is 1. The third-order valence-corrected chi connectivity index (χ3v) is 3.86. The van der Waals surface area contributed by atoms with Crippen LogP contribution in [-0.2, 0) is 0 Å². The normalized spacial score (nSPS) is 11.1. The van der Waals surface area contributed by atoms with E-state index in [-0.39, 0.29) is 5.78 Å². The summed E-state index contributed by atoms with van der Waals surface area (Å²) in [5, 5.41) is 0. The van der Waals surface area contributed by atoms with Gasteiger partial charge in [-0.25, -0.2) is 4.98 Å². The summed E-state index contributed by atoms with van der Waals surface area (Å²) in [5.74, 6) is -0.0434. The lowest BCUT2D eigenvalue weighted by atomic mass is 10.0. The first-order valence-corrected chi connectivity index (χ1v) is 7.21. The SMILES string of the molecule is Cc1cccc(C(=O)c2nc3ccccc3n3cccc23)c1. The molecule has 0 spiro atoms. The smallest absolute Gasteiger partial charge is 0.213 e. The van der Waals surface area contributed by atoms with E-state index in [9.17, 15) is 4.79 Å². The lowest BCUT2D eigenvalue weighted by molar-refractivity contribution is 0.103. The summed E-state index contributed by atoms with van der Waals surface area (Å²) >= 11 is 0. The second kappa shape index (κ2) is 4.81. The number of nitrogens with zero attached hydrogens (tertiary/aromatic N) is 2. The predicted octanol–water partition coefficient (Wildman–Crippen LogP) is 4.03. The van der Waals surface area contributed by atoms with Crippen LogP contribution in [0.3, 0.4) is 0 Å². The van der Waals surface area contributed by atoms with Gasteiger partial charge >= 0.3 is 0 Å². The lowest BCUT2D eigenvalue weighted by Crippen LogP contribution is -2.07. The highest BCUT2D eigenvalue weighted by molar-refractivity contribution is 6.12. The van der Waals surface area contributed by atoms with Gasteiger partial charge in [-0.2, -0.15) is 0 Å². The Morgan fingerprint density at radius 1 is 0.955 bits per heavy atom. The lowest BCUT2D eigenvalue weighted by Gasteiger charge is -2.08. The predicted molar refractivity (Wildman–Crippen MR) is 87.3 cm³/mol. The molecule has 0 atom stereocenters. The minimum atomic E-state index is -0.0434. The van der Waals surface area contributed by atoms with Crippen molar-refractivity contribution in [2.24, 2.45) is 0 Å². The van der Waals surface area contributed by atoms with Crippen LogP contribution in [0.5, 0.6) is 0 Å². The first-order valence-electron chi connectivity index (χ1n) is 7.21. The Kier molecular flexibility index (Phi) is 2.79. The van der Waals surface area contributed by atoms with Gasteiger partial charge in [0.2, 0.25) is 5.78 Å². The maximum absolute atomic E-state index is 12.9. The molecule has 2 aromatic carbocycles. The fourth-order valence-electron chi connectivity index (χ4n) is 2.81. The topological polar surface area (TPSA) is 34.4 Å². The van der Waals surface area contributed by atoms with Crippen molar-refractivity contribution < 1.29 is 4.79 Å². The zero-order valence-corrected chi connectivity index (χ0v) is 12.2. The molecular formula is C19H14N2O. The largest absolute Gasteiger partial charge is 0.313 e. The van der Waals surface area contributed by atoms with Crippen LogP contribution in [0, 0.1) is 6.92 Å². The van der Waals surface area contributed by atoms with Crippen molar-refractivity contribution in [1.29, 1.82) is 0 Å². The number of benzene rings is 2. The third kappa shape index (κ3) is 1.91. The number of carbonyl (C=O) groups excluding carboxylic acids is 1. The van der Waals surface area contributed by atoms with Crippen LogP contribution in [0.2, 0.25) is 0 Å². The van der Waals surface area contributed by atoms with Crippen molar-refractivity contribution in [3.05, 3.63) is 83.7 Å². The monoisotopic (exact) mass is 286 g/mol. The highest BCUT2D eigenvalue weighted by Gasteiger charge is 2.16. The van der Waals surface area contributed by atoms with Crippen LogP contribution >= 0.6 is 0 Å². The Morgan fingerprint density at radius 3 is 2.64 bits per heavy atom. The zero-order chi connectivity index (χ0) is 15.1. The molecule has 3 nitrogen and oxygen atoms in total. The standard InChI is InChI=1S/C19H14N2O/c1-13-6-4-7-14(12-13)19(22)18-17-10-5-11-21(17)16-9-3-2-8-15(16)20-18/h2-12H,1H3. The minimum Gasteiger partial charge on any atom is -0.313 e. The fraction of sp³-hybridized carbons (Fsp3) is 0.0526. The average Bonchev–Trinajstić information content (AvgIpc) is 3.03. The van der Waals surface area contributed by atoms with Gasteiger partial charge < -0.3 is 4.40 Å². The molecule has 0 saturated heterocycles. The third-order valence-electron chi connectivity index (χ3n) is 3.86. The van der Waals surface area contributed by atoms with Crippen LogP contribution in [0.25, 0.3) is 16.6 Å². The summed E-state index contributed by atoms with van der Waals surface area (Å²) in [6.07, 6.45) is 1.96. The minimum absolute atomic E-state index is 0.0434. The van der Waals surface area contributed by atoms with Crippen molar-refractivity contribution in [2.45, 2.75) is 6.92 Å². The molecule has 4 rings (SSSR count). The van der Waals surface area contributed by atoms with Gasteiger partial charge in [-0.3, -0.25) is 4.79 Å². The average molecular weight is 286 g/mol. The van der Waals surface area contributed by atoms with Gasteiger partial charge in [0.15, 0.2) is 0 Å². The summed E-state index contributed by atoms with van der Waals surface area (Å²) in [4.78, 5) is 17.5. The molecule has 22 heavy (non-hydrogen) atoms. The molecule has 2 aromatic heterocycles. The van der Waals surface area contributed by atoms with Crippen molar-refractivity contribution >= 4 is 22.3 Å². The fourth-order valence-corrected chi connectivity index (χ4v) is 2.81. The Morgan fingerprint density at radius 2 is 1.77 bits per heavy atom. The van der Waals surface area contributed by atoms with E-state index in [1.54, 1.807) is 0 Å². The van der Waals surface area contributed by atoms with Gasteiger partial charge in [-0.05, 0) is 37.3 Å². The van der Waals surface area contributed by atoms with E-state index in [0.29, 0.717) is 11.3 Å². The van der Waals surface area contributed by atoms with Crippen molar-refractivity contribution in [3.63, 3.8) is 0 Å². The Balaban J connectivity index is 2.01. The van der Waals surface area contributed by atoms with E-state index in [4.69, 9.17) is 0 Å². The van der Waals surface area contributed by atoms with Gasteiger partial charge in [0.05, 0.1) is 16.6 Å². The van der Waals surface area contributed by atoms with Crippen LogP contribution < -0.4 is 0 Å². The van der Waals surface area contributed by atoms with Crippen LogP contribution in [0.15, 0.2) is 66.9 Å². The molecular weight excluding hydrogens is 272 g/mol. The number of aromatic nitrogens is 2. The maximum Gasteiger partial charge on any atom is 0.213 e. The van der Waals surface area contributed by atoms with Crippen LogP contribution in [-0.4, -0.2) is 15.2 Å². The van der Waals surface area contributed by atoms with E-state index in [0.717, 1.165) is 22.1 Å². The zero-order valence-electron chi connectivity index (χ0n) is 12.2. The molecule has 0 unspecified atom stereocenters. The quantitative estimate of drug-likeness (QED) is 0.521. The number of para-hydroxylation sites is 2. The first kappa shape index (κ1) is 12.8. The molecule has 0 saturated carbocycles. The number of fused-ring (bicyclic) bond motifs is 3. The molecule has 0 aliphatic heterocycles. The van der Waals surface area contributed by atoms with E-state index in [2.05, 4.69) is 4.98 Å². The first-order chi connectivity index (χ1) is 10.7. The van der Waals surface area contributed by atoms with Crippen molar-refractivity contribution in [3.8, 4) is 0 Å². The molecule has 0 aliphatic carbocycles. The number of aryl methyl sites for hydroxylation is 1. The van der Waals surface area contributed by atoms with Gasteiger partial charge in [0.1, 0.15) is 5.69 Å². The van der Waals surface area contributed by atoms with Crippen molar-refractivity contribution in [1.82, 2.24) is 9.38 Å². The number of hydrogen-bond donors (Lipinski definition) is 0. The summed E-state index contributed by atoms with van der Waals surface area (Å²) in [7, 11) is 0. The highest BCUT2D eigenvalue weighted by Crippen LogP contribution is 2.21. The van der Waals surface area contributed by atoms with E-state index >= 15 is 0 Å². The molecule has 0 aliphatic rings. The molecule has 0 fully saturated rings. The molecule has 3 heteroatoms. The van der Waals surface area contributed by atoms with Gasteiger partial charge in [0.25, 0.3) is 0 Å². The number of carbonyl (C=O) groups is 1. The number of rotatable bonds is 2. The molecule has 106 valence electrons. The Bertz CT molecular complexity index is 1010.